The first kappa shape index (κ1) is 24.1. The number of nitrogens with zero attached hydrogens (tertiary/aromatic N) is 3. The molecule has 0 atom stereocenters. The fourth-order valence-electron chi connectivity index (χ4n) is 3.07. The molecule has 2 aromatic carbocycles. The van der Waals surface area contributed by atoms with E-state index in [9.17, 15) is 35.2 Å². The molecule has 0 unspecified atom stereocenters. The number of alkyl halides is 3. The van der Waals surface area contributed by atoms with E-state index in [4.69, 9.17) is 4.74 Å². The highest BCUT2D eigenvalue weighted by Gasteiger charge is 2.36. The van der Waals surface area contributed by atoms with Crippen LogP contribution in [-0.2, 0) is 16.0 Å². The maximum absolute atomic E-state index is 13.7. The molecule has 2 heterocycles. The number of carbonyl (C=O) groups excluding carboxylic acids is 1. The minimum atomic E-state index is -4.92. The van der Waals surface area contributed by atoms with Gasteiger partial charge in [0, 0.05) is 17.5 Å². The number of hydrogen-bond acceptors (Lipinski definition) is 6. The molecule has 0 saturated carbocycles. The third-order valence-electron chi connectivity index (χ3n) is 4.66. The Kier molecular flexibility index (Phi) is 5.92. The topological polar surface area (TPSA) is 103 Å². The van der Waals surface area contributed by atoms with Crippen LogP contribution in [0.3, 0.4) is 0 Å². The summed E-state index contributed by atoms with van der Waals surface area (Å²) in [5.74, 6) is -2.97. The summed E-state index contributed by atoms with van der Waals surface area (Å²) in [7, 11) is -3.57. The predicted octanol–water partition coefficient (Wildman–Crippen LogP) is 4.71. The molecular weight excluding hydrogens is 499 g/mol. The number of sulfone groups is 1. The van der Waals surface area contributed by atoms with Crippen molar-refractivity contribution in [2.75, 3.05) is 11.6 Å². The smallest absolute Gasteiger partial charge is 0.404 e. The lowest BCUT2D eigenvalue weighted by atomic mass is 10.1. The van der Waals surface area contributed by atoms with Crippen molar-refractivity contribution in [3.8, 4) is 17.0 Å². The molecule has 4 aromatic rings. The van der Waals surface area contributed by atoms with Crippen LogP contribution >= 0.6 is 0 Å². The highest BCUT2D eigenvalue weighted by Crippen LogP contribution is 2.34. The zero-order valence-corrected chi connectivity index (χ0v) is 18.3. The van der Waals surface area contributed by atoms with Crippen molar-refractivity contribution >= 4 is 27.3 Å². The lowest BCUT2D eigenvalue weighted by molar-refractivity contribution is -0.142. The fourth-order valence-corrected chi connectivity index (χ4v) is 3.73. The van der Waals surface area contributed by atoms with E-state index in [2.05, 4.69) is 15.4 Å². The molecule has 0 aliphatic heterocycles. The summed E-state index contributed by atoms with van der Waals surface area (Å²) < 4.78 is 96.7. The molecule has 0 fully saturated rings. The Balaban J connectivity index is 1.72. The van der Waals surface area contributed by atoms with Gasteiger partial charge >= 0.3 is 12.3 Å². The van der Waals surface area contributed by atoms with Crippen molar-refractivity contribution in [1.29, 1.82) is 0 Å². The number of ether oxygens (including phenoxy) is 1. The van der Waals surface area contributed by atoms with Crippen LogP contribution in [0.4, 0.5) is 32.4 Å². The SMILES string of the molecule is CS(=O)(=O)c1cccc(NC(=O)Oc2cnn3c(C(F)(F)F)cc(-c4ccc(F)c(F)c4)nc23)c1. The molecule has 4 rings (SSSR count). The number of rotatable bonds is 4. The molecule has 1 N–H and O–H groups in total. The van der Waals surface area contributed by atoms with Crippen LogP contribution in [0.5, 0.6) is 5.75 Å². The molecule has 0 aliphatic carbocycles. The molecule has 0 bridgehead atoms. The standard InChI is InChI=1S/C21H13F5N4O4S/c1-35(32,33)13-4-2-3-12(8-13)28-20(31)34-17-10-27-30-18(21(24,25)26)9-16(29-19(17)30)11-5-6-14(22)15(23)7-11/h2-10H,1H3,(H,28,31). The van der Waals surface area contributed by atoms with E-state index in [0.29, 0.717) is 16.6 Å². The molecule has 182 valence electrons. The molecule has 0 spiro atoms. The summed E-state index contributed by atoms with van der Waals surface area (Å²) in [5.41, 5.74) is -2.33. The van der Waals surface area contributed by atoms with Gasteiger partial charge < -0.3 is 4.74 Å². The number of fused-ring (bicyclic) bond motifs is 1. The maximum Gasteiger partial charge on any atom is 0.433 e. The number of benzene rings is 2. The summed E-state index contributed by atoms with van der Waals surface area (Å²) in [6, 6.07) is 8.23. The average molecular weight is 512 g/mol. The Hall–Kier alpha value is -4.07. The molecular formula is C21H13F5N4O4S. The Labute approximate surface area is 193 Å². The Bertz CT molecular complexity index is 1570. The van der Waals surface area contributed by atoms with Gasteiger partial charge in [-0.25, -0.2) is 31.5 Å². The van der Waals surface area contributed by atoms with E-state index < -0.39 is 50.8 Å². The first-order chi connectivity index (χ1) is 16.3. The van der Waals surface area contributed by atoms with E-state index in [1.807, 2.05) is 0 Å². The molecule has 2 aromatic heterocycles. The van der Waals surface area contributed by atoms with Crippen LogP contribution in [0, 0.1) is 11.6 Å². The van der Waals surface area contributed by atoms with Gasteiger partial charge in [-0.3, -0.25) is 5.32 Å². The van der Waals surface area contributed by atoms with Gasteiger partial charge in [0.2, 0.25) is 0 Å². The molecule has 0 radical (unpaired) electrons. The van der Waals surface area contributed by atoms with Crippen molar-refractivity contribution in [3.05, 3.63) is 72.1 Å². The number of halogens is 5. The van der Waals surface area contributed by atoms with E-state index in [-0.39, 0.29) is 21.8 Å². The molecule has 14 heteroatoms. The monoisotopic (exact) mass is 512 g/mol. The van der Waals surface area contributed by atoms with Crippen LogP contribution in [-0.4, -0.2) is 35.4 Å². The number of nitrogens with one attached hydrogen (secondary N) is 1. The summed E-state index contributed by atoms with van der Waals surface area (Å²) in [4.78, 5) is 16.2. The van der Waals surface area contributed by atoms with Crippen LogP contribution in [0.15, 0.2) is 59.6 Å². The second kappa shape index (κ2) is 8.61. The first-order valence-corrected chi connectivity index (χ1v) is 11.4. The molecule has 0 saturated heterocycles. The Morgan fingerprint density at radius 3 is 2.46 bits per heavy atom. The number of carbonyl (C=O) groups is 1. The van der Waals surface area contributed by atoms with Gasteiger partial charge in [-0.1, -0.05) is 6.07 Å². The van der Waals surface area contributed by atoms with Gasteiger partial charge in [0.05, 0.1) is 16.8 Å². The van der Waals surface area contributed by atoms with Gasteiger partial charge in [-0.15, -0.1) is 0 Å². The molecule has 8 nitrogen and oxygen atoms in total. The van der Waals surface area contributed by atoms with E-state index in [1.54, 1.807) is 0 Å². The second-order valence-corrected chi connectivity index (χ2v) is 9.23. The lowest BCUT2D eigenvalue weighted by Gasteiger charge is -2.12. The molecule has 1 amide bonds. The summed E-state index contributed by atoms with van der Waals surface area (Å²) in [5, 5.41) is 5.83. The van der Waals surface area contributed by atoms with Gasteiger partial charge in [-0.05, 0) is 42.5 Å². The molecule has 35 heavy (non-hydrogen) atoms. The minimum Gasteiger partial charge on any atom is -0.404 e. The zero-order valence-electron chi connectivity index (χ0n) is 17.5. The normalized spacial score (nSPS) is 12.1. The Morgan fingerprint density at radius 1 is 1.06 bits per heavy atom. The fraction of sp³-hybridized carbons (Fsp3) is 0.0952. The third kappa shape index (κ3) is 5.06. The molecule has 0 aliphatic rings. The number of anilines is 1. The van der Waals surface area contributed by atoms with Crippen LogP contribution < -0.4 is 10.1 Å². The maximum atomic E-state index is 13.7. The lowest BCUT2D eigenvalue weighted by Crippen LogP contribution is -2.17. The predicted molar refractivity (Wildman–Crippen MR) is 113 cm³/mol. The highest BCUT2D eigenvalue weighted by atomic mass is 32.2. The highest BCUT2D eigenvalue weighted by molar-refractivity contribution is 7.90. The number of hydrogen-bond donors (Lipinski definition) is 1. The average Bonchev–Trinajstić information content (AvgIpc) is 3.16. The summed E-state index contributed by atoms with van der Waals surface area (Å²) >= 11 is 0. The third-order valence-corrected chi connectivity index (χ3v) is 5.77. The van der Waals surface area contributed by atoms with Gasteiger partial charge in [0.15, 0.2) is 38.6 Å². The summed E-state index contributed by atoms with van der Waals surface area (Å²) in [6.07, 6.45) is -4.30. The van der Waals surface area contributed by atoms with Gasteiger partial charge in [0.1, 0.15) is 0 Å². The quantitative estimate of drug-likeness (QED) is 0.398. The van der Waals surface area contributed by atoms with E-state index >= 15 is 0 Å². The van der Waals surface area contributed by atoms with E-state index in [0.717, 1.165) is 30.7 Å². The van der Waals surface area contributed by atoms with E-state index in [1.165, 1.54) is 18.2 Å². The largest absolute Gasteiger partial charge is 0.433 e. The zero-order chi connectivity index (χ0) is 25.5. The minimum absolute atomic E-state index is 0.0424. The van der Waals surface area contributed by atoms with Crippen LogP contribution in [0.2, 0.25) is 0 Å². The van der Waals surface area contributed by atoms with Crippen LogP contribution in [0.25, 0.3) is 16.9 Å². The number of amides is 1. The van der Waals surface area contributed by atoms with Crippen molar-refractivity contribution in [2.45, 2.75) is 11.1 Å². The van der Waals surface area contributed by atoms with Gasteiger partial charge in [0.25, 0.3) is 0 Å². The van der Waals surface area contributed by atoms with Gasteiger partial charge in [-0.2, -0.15) is 18.3 Å². The van der Waals surface area contributed by atoms with Crippen molar-refractivity contribution in [2.24, 2.45) is 0 Å². The van der Waals surface area contributed by atoms with Crippen molar-refractivity contribution < 1.29 is 39.9 Å². The summed E-state index contributed by atoms with van der Waals surface area (Å²) in [6.45, 7) is 0. The van der Waals surface area contributed by atoms with Crippen molar-refractivity contribution in [1.82, 2.24) is 14.6 Å². The number of aromatic nitrogens is 3. The second-order valence-electron chi connectivity index (χ2n) is 7.21. The first-order valence-electron chi connectivity index (χ1n) is 9.53. The Morgan fingerprint density at radius 2 is 1.80 bits per heavy atom. The van der Waals surface area contributed by atoms with Crippen LogP contribution in [0.1, 0.15) is 5.69 Å². The van der Waals surface area contributed by atoms with Crippen molar-refractivity contribution in [3.63, 3.8) is 0 Å².